The maximum absolute atomic E-state index is 4.46. The molecule has 0 aliphatic rings. The van der Waals surface area contributed by atoms with E-state index in [1.807, 2.05) is 36.8 Å². The highest BCUT2D eigenvalue weighted by atomic mass is 14.7. The zero-order valence-corrected chi connectivity index (χ0v) is 9.07. The Bertz CT molecular complexity index is 638. The highest BCUT2D eigenvalue weighted by Crippen LogP contribution is 2.24. The quantitative estimate of drug-likeness (QED) is 0.651. The van der Waals surface area contributed by atoms with Crippen molar-refractivity contribution in [3.63, 3.8) is 0 Å². The Kier molecular flexibility index (Phi) is 2.00. The summed E-state index contributed by atoms with van der Waals surface area (Å²) in [5.74, 6) is 0. The smallest absolute Gasteiger partial charge is 0.0702 e. The lowest BCUT2D eigenvalue weighted by Crippen LogP contribution is -1.82. The van der Waals surface area contributed by atoms with Crippen LogP contribution in [0.4, 0.5) is 0 Å². The van der Waals surface area contributed by atoms with Crippen molar-refractivity contribution in [3.05, 3.63) is 54.5 Å². The molecule has 2 heteroatoms. The molecule has 0 fully saturated rings. The Morgan fingerprint density at radius 1 is 1.12 bits per heavy atom. The van der Waals surface area contributed by atoms with Crippen LogP contribution in [0.2, 0.25) is 0 Å². The third kappa shape index (κ3) is 1.39. The molecule has 0 amide bonds. The number of benzene rings is 1. The first-order valence-electron chi connectivity index (χ1n) is 5.33. The minimum Gasteiger partial charge on any atom is -0.367 e. The summed E-state index contributed by atoms with van der Waals surface area (Å²) in [6, 6.07) is 10.4. The first-order valence-corrected chi connectivity index (χ1v) is 5.33. The van der Waals surface area contributed by atoms with Gasteiger partial charge in [0.2, 0.25) is 0 Å². The van der Waals surface area contributed by atoms with E-state index in [-0.39, 0.29) is 0 Å². The van der Waals surface area contributed by atoms with Crippen LogP contribution in [0.25, 0.3) is 22.0 Å². The van der Waals surface area contributed by atoms with Gasteiger partial charge in [-0.2, -0.15) is 0 Å². The molecule has 16 heavy (non-hydrogen) atoms. The number of aryl methyl sites for hydroxylation is 1. The third-order valence-corrected chi connectivity index (χ3v) is 2.85. The van der Waals surface area contributed by atoms with E-state index in [1.54, 1.807) is 0 Å². The molecule has 0 aliphatic heterocycles. The number of hydrogen-bond acceptors (Lipinski definition) is 1. The molecule has 2 heterocycles. The van der Waals surface area contributed by atoms with Crippen molar-refractivity contribution in [1.82, 2.24) is 9.97 Å². The Morgan fingerprint density at radius 2 is 2.00 bits per heavy atom. The molecular weight excluding hydrogens is 196 g/mol. The van der Waals surface area contributed by atoms with Gasteiger partial charge in [-0.3, -0.25) is 4.98 Å². The van der Waals surface area contributed by atoms with Crippen molar-refractivity contribution in [1.29, 1.82) is 0 Å². The Balaban J connectivity index is 2.23. The number of H-pyrrole nitrogens is 1. The van der Waals surface area contributed by atoms with E-state index in [0.717, 1.165) is 11.1 Å². The number of rotatable bonds is 1. The third-order valence-electron chi connectivity index (χ3n) is 2.85. The maximum atomic E-state index is 4.46. The summed E-state index contributed by atoms with van der Waals surface area (Å²) < 4.78 is 0. The van der Waals surface area contributed by atoms with Crippen molar-refractivity contribution in [2.75, 3.05) is 0 Å². The molecule has 0 saturated carbocycles. The van der Waals surface area contributed by atoms with Crippen molar-refractivity contribution in [2.45, 2.75) is 6.92 Å². The van der Waals surface area contributed by atoms with E-state index in [9.17, 15) is 0 Å². The second kappa shape index (κ2) is 3.49. The van der Waals surface area contributed by atoms with Gasteiger partial charge < -0.3 is 4.98 Å². The molecular formula is C14H12N2. The average Bonchev–Trinajstić information content (AvgIpc) is 2.75. The Labute approximate surface area is 94.0 Å². The van der Waals surface area contributed by atoms with Crippen LogP contribution in [-0.4, -0.2) is 9.97 Å². The fourth-order valence-electron chi connectivity index (χ4n) is 1.97. The summed E-state index contributed by atoms with van der Waals surface area (Å²) in [5.41, 5.74) is 4.67. The van der Waals surface area contributed by atoms with Crippen molar-refractivity contribution in [3.8, 4) is 11.1 Å². The normalized spacial score (nSPS) is 10.8. The zero-order valence-electron chi connectivity index (χ0n) is 9.07. The van der Waals surface area contributed by atoms with Crippen LogP contribution in [0.3, 0.4) is 0 Å². The van der Waals surface area contributed by atoms with Gasteiger partial charge in [0.1, 0.15) is 0 Å². The van der Waals surface area contributed by atoms with Gasteiger partial charge in [0.25, 0.3) is 0 Å². The van der Waals surface area contributed by atoms with E-state index in [0.29, 0.717) is 0 Å². The molecule has 1 aromatic carbocycles. The van der Waals surface area contributed by atoms with E-state index in [4.69, 9.17) is 0 Å². The fourth-order valence-corrected chi connectivity index (χ4v) is 1.97. The van der Waals surface area contributed by atoms with E-state index < -0.39 is 0 Å². The molecule has 0 bridgehead atoms. The Hall–Kier alpha value is -2.09. The van der Waals surface area contributed by atoms with Gasteiger partial charge in [-0.15, -0.1) is 0 Å². The standard InChI is InChI=1S/C14H12N2/c1-10-7-15-9-13(10)12-6-11-4-2-3-5-14(11)16-8-12/h2-9,15H,1H3. The molecule has 3 rings (SSSR count). The van der Waals surface area contributed by atoms with Gasteiger partial charge in [0, 0.05) is 35.1 Å². The summed E-state index contributed by atoms with van der Waals surface area (Å²) >= 11 is 0. The summed E-state index contributed by atoms with van der Waals surface area (Å²) in [5, 5.41) is 1.18. The molecule has 3 aromatic rings. The van der Waals surface area contributed by atoms with Gasteiger partial charge in [0.05, 0.1) is 5.52 Å². The topological polar surface area (TPSA) is 28.7 Å². The van der Waals surface area contributed by atoms with Gasteiger partial charge in [-0.1, -0.05) is 18.2 Å². The van der Waals surface area contributed by atoms with Crippen molar-refractivity contribution >= 4 is 10.9 Å². The second-order valence-electron chi connectivity index (χ2n) is 3.97. The number of pyridine rings is 1. The number of fused-ring (bicyclic) bond motifs is 1. The first kappa shape index (κ1) is 9.16. The number of para-hydroxylation sites is 1. The van der Waals surface area contributed by atoms with Gasteiger partial charge in [-0.05, 0) is 24.6 Å². The molecule has 0 unspecified atom stereocenters. The molecule has 78 valence electrons. The van der Waals surface area contributed by atoms with Crippen LogP contribution in [0.15, 0.2) is 48.9 Å². The lowest BCUT2D eigenvalue weighted by molar-refractivity contribution is 1.39. The molecule has 0 atom stereocenters. The van der Waals surface area contributed by atoms with Crippen LogP contribution in [-0.2, 0) is 0 Å². The molecule has 0 aliphatic carbocycles. The largest absolute Gasteiger partial charge is 0.367 e. The average molecular weight is 208 g/mol. The second-order valence-corrected chi connectivity index (χ2v) is 3.97. The molecule has 0 radical (unpaired) electrons. The number of aromatic amines is 1. The lowest BCUT2D eigenvalue weighted by Gasteiger charge is -2.02. The Morgan fingerprint density at radius 3 is 2.81 bits per heavy atom. The molecule has 2 nitrogen and oxygen atoms in total. The molecule has 2 aromatic heterocycles. The number of hydrogen-bond donors (Lipinski definition) is 1. The number of nitrogens with zero attached hydrogens (tertiary/aromatic N) is 1. The monoisotopic (exact) mass is 208 g/mol. The predicted octanol–water partition coefficient (Wildman–Crippen LogP) is 3.54. The molecule has 0 spiro atoms. The van der Waals surface area contributed by atoms with E-state index in [2.05, 4.69) is 29.0 Å². The highest BCUT2D eigenvalue weighted by Gasteiger charge is 2.03. The van der Waals surface area contributed by atoms with Crippen molar-refractivity contribution < 1.29 is 0 Å². The van der Waals surface area contributed by atoms with Crippen LogP contribution >= 0.6 is 0 Å². The lowest BCUT2D eigenvalue weighted by atomic mass is 10.1. The first-order chi connectivity index (χ1) is 7.84. The summed E-state index contributed by atoms with van der Waals surface area (Å²) in [6.45, 7) is 2.10. The van der Waals surface area contributed by atoms with Crippen LogP contribution < -0.4 is 0 Å². The fraction of sp³-hybridized carbons (Fsp3) is 0.0714. The minimum atomic E-state index is 1.04. The van der Waals surface area contributed by atoms with Crippen LogP contribution in [0.1, 0.15) is 5.56 Å². The predicted molar refractivity (Wildman–Crippen MR) is 66.3 cm³/mol. The zero-order chi connectivity index (χ0) is 11.0. The van der Waals surface area contributed by atoms with Gasteiger partial charge in [-0.25, -0.2) is 0 Å². The summed E-state index contributed by atoms with van der Waals surface area (Å²) in [4.78, 5) is 7.58. The van der Waals surface area contributed by atoms with Crippen LogP contribution in [0, 0.1) is 6.92 Å². The van der Waals surface area contributed by atoms with Gasteiger partial charge in [0.15, 0.2) is 0 Å². The van der Waals surface area contributed by atoms with Crippen LogP contribution in [0.5, 0.6) is 0 Å². The van der Waals surface area contributed by atoms with Crippen molar-refractivity contribution in [2.24, 2.45) is 0 Å². The minimum absolute atomic E-state index is 1.04. The van der Waals surface area contributed by atoms with Gasteiger partial charge >= 0.3 is 0 Å². The van der Waals surface area contributed by atoms with E-state index in [1.165, 1.54) is 16.5 Å². The summed E-state index contributed by atoms with van der Waals surface area (Å²) in [6.07, 6.45) is 5.95. The summed E-state index contributed by atoms with van der Waals surface area (Å²) in [7, 11) is 0. The highest BCUT2D eigenvalue weighted by molar-refractivity contribution is 5.83. The SMILES string of the molecule is Cc1c[nH]cc1-c1cnc2ccccc2c1. The maximum Gasteiger partial charge on any atom is 0.0702 e. The van der Waals surface area contributed by atoms with E-state index >= 15 is 0 Å². The molecule has 1 N–H and O–H groups in total. The molecule has 0 saturated heterocycles. The number of nitrogens with one attached hydrogen (secondary N) is 1. The number of aromatic nitrogens is 2.